The van der Waals surface area contributed by atoms with E-state index in [1.807, 2.05) is 21.7 Å². The van der Waals surface area contributed by atoms with Crippen LogP contribution >= 0.6 is 0 Å². The molecule has 0 spiro atoms. The number of nitrogens with zero attached hydrogens (tertiary/aromatic N) is 5. The fourth-order valence-electron chi connectivity index (χ4n) is 3.79. The van der Waals surface area contributed by atoms with Crippen LogP contribution in [0.25, 0.3) is 11.2 Å². The summed E-state index contributed by atoms with van der Waals surface area (Å²) in [7, 11) is 1.67. The second-order valence-corrected chi connectivity index (χ2v) is 7.31. The number of benzene rings is 1. The summed E-state index contributed by atoms with van der Waals surface area (Å²) < 4.78 is 7.12. The molecule has 8 nitrogen and oxygen atoms in total. The van der Waals surface area contributed by atoms with E-state index in [9.17, 15) is 4.79 Å². The van der Waals surface area contributed by atoms with Crippen LogP contribution in [0.15, 0.2) is 36.7 Å². The SMILES string of the molecule is COc1ccc(CNCCn2nc([C@@H]3CCN(C(C)=O)C3)c3nccnc32)cc1. The van der Waals surface area contributed by atoms with E-state index in [-0.39, 0.29) is 11.8 Å². The van der Waals surface area contributed by atoms with Gasteiger partial charge in [-0.3, -0.25) is 4.79 Å². The van der Waals surface area contributed by atoms with Crippen LogP contribution in [0.4, 0.5) is 0 Å². The zero-order chi connectivity index (χ0) is 20.2. The van der Waals surface area contributed by atoms with Crippen LogP contribution in [0.3, 0.4) is 0 Å². The van der Waals surface area contributed by atoms with Crippen molar-refractivity contribution >= 4 is 17.1 Å². The maximum Gasteiger partial charge on any atom is 0.219 e. The molecule has 1 saturated heterocycles. The van der Waals surface area contributed by atoms with Gasteiger partial charge in [-0.15, -0.1) is 0 Å². The standard InChI is InChI=1S/C21H26N6O2/c1-15(28)26-11-7-17(14-26)19-20-21(24-9-8-23-20)27(25-19)12-10-22-13-16-3-5-18(29-2)6-4-16/h3-6,8-9,17,22H,7,10-14H2,1-2H3/t17-/m1/s1. The molecule has 0 unspecified atom stereocenters. The second-order valence-electron chi connectivity index (χ2n) is 7.31. The Morgan fingerprint density at radius 1 is 1.24 bits per heavy atom. The molecule has 1 aliphatic rings. The van der Waals surface area contributed by atoms with Crippen molar-refractivity contribution in [1.82, 2.24) is 30.0 Å². The predicted molar refractivity (Wildman–Crippen MR) is 110 cm³/mol. The van der Waals surface area contributed by atoms with Gasteiger partial charge in [0, 0.05) is 51.4 Å². The van der Waals surface area contributed by atoms with E-state index in [0.717, 1.165) is 48.7 Å². The molecule has 0 radical (unpaired) electrons. The number of carbonyl (C=O) groups excluding carboxylic acids is 1. The average molecular weight is 394 g/mol. The maximum absolute atomic E-state index is 11.7. The molecular weight excluding hydrogens is 368 g/mol. The molecule has 1 aliphatic heterocycles. The van der Waals surface area contributed by atoms with Crippen LogP contribution in [0.5, 0.6) is 5.75 Å². The van der Waals surface area contributed by atoms with Gasteiger partial charge >= 0.3 is 0 Å². The molecule has 1 amide bonds. The zero-order valence-electron chi connectivity index (χ0n) is 16.8. The third kappa shape index (κ3) is 4.22. The van der Waals surface area contributed by atoms with Crippen molar-refractivity contribution in [2.75, 3.05) is 26.7 Å². The van der Waals surface area contributed by atoms with Gasteiger partial charge in [0.15, 0.2) is 5.65 Å². The van der Waals surface area contributed by atoms with Crippen molar-refractivity contribution in [3.05, 3.63) is 47.9 Å². The summed E-state index contributed by atoms with van der Waals surface area (Å²) >= 11 is 0. The number of hydrogen-bond acceptors (Lipinski definition) is 6. The van der Waals surface area contributed by atoms with Crippen molar-refractivity contribution in [3.8, 4) is 5.75 Å². The molecule has 1 aromatic carbocycles. The van der Waals surface area contributed by atoms with Crippen molar-refractivity contribution in [2.24, 2.45) is 0 Å². The molecule has 4 rings (SSSR count). The van der Waals surface area contributed by atoms with Gasteiger partial charge in [-0.2, -0.15) is 5.10 Å². The third-order valence-electron chi connectivity index (χ3n) is 5.40. The van der Waals surface area contributed by atoms with E-state index < -0.39 is 0 Å². The highest BCUT2D eigenvalue weighted by atomic mass is 16.5. The summed E-state index contributed by atoms with van der Waals surface area (Å²) in [4.78, 5) is 22.6. The first-order valence-electron chi connectivity index (χ1n) is 9.92. The lowest BCUT2D eigenvalue weighted by atomic mass is 10.0. The highest BCUT2D eigenvalue weighted by Gasteiger charge is 2.30. The summed E-state index contributed by atoms with van der Waals surface area (Å²) in [5.74, 6) is 1.19. The van der Waals surface area contributed by atoms with E-state index in [1.54, 1.807) is 26.4 Å². The Morgan fingerprint density at radius 2 is 2.03 bits per heavy atom. The van der Waals surface area contributed by atoms with Gasteiger partial charge < -0.3 is 15.0 Å². The molecule has 2 aromatic heterocycles. The minimum absolute atomic E-state index is 0.116. The van der Waals surface area contributed by atoms with Crippen LogP contribution < -0.4 is 10.1 Å². The number of hydrogen-bond donors (Lipinski definition) is 1. The zero-order valence-corrected chi connectivity index (χ0v) is 16.8. The first-order valence-corrected chi connectivity index (χ1v) is 9.92. The van der Waals surface area contributed by atoms with E-state index in [4.69, 9.17) is 9.84 Å². The van der Waals surface area contributed by atoms with Crippen molar-refractivity contribution in [3.63, 3.8) is 0 Å². The topological polar surface area (TPSA) is 85.2 Å². The first kappa shape index (κ1) is 19.3. The lowest BCUT2D eigenvalue weighted by Gasteiger charge is -2.12. The Labute approximate surface area is 169 Å². The Bertz CT molecular complexity index is 985. The van der Waals surface area contributed by atoms with Crippen molar-refractivity contribution in [1.29, 1.82) is 0 Å². The Hall–Kier alpha value is -3.00. The van der Waals surface area contributed by atoms with Gasteiger partial charge in [-0.1, -0.05) is 12.1 Å². The smallest absolute Gasteiger partial charge is 0.219 e. The molecule has 152 valence electrons. The fraction of sp³-hybridized carbons (Fsp3) is 0.429. The quantitative estimate of drug-likeness (QED) is 0.617. The van der Waals surface area contributed by atoms with Crippen LogP contribution in [0.2, 0.25) is 0 Å². The average Bonchev–Trinajstić information content (AvgIpc) is 3.37. The number of nitrogens with one attached hydrogen (secondary N) is 1. The van der Waals surface area contributed by atoms with E-state index in [1.165, 1.54) is 5.56 Å². The number of amides is 1. The summed E-state index contributed by atoms with van der Waals surface area (Å²) in [6.45, 7) is 5.34. The minimum atomic E-state index is 0.116. The summed E-state index contributed by atoms with van der Waals surface area (Å²) in [5.41, 5.74) is 3.80. The molecule has 3 heterocycles. The molecule has 0 aliphatic carbocycles. The fourth-order valence-corrected chi connectivity index (χ4v) is 3.79. The van der Waals surface area contributed by atoms with Crippen LogP contribution in [-0.2, 0) is 17.9 Å². The highest BCUT2D eigenvalue weighted by Crippen LogP contribution is 2.30. The molecule has 0 bridgehead atoms. The summed E-state index contributed by atoms with van der Waals surface area (Å²) in [6.07, 6.45) is 4.32. The molecule has 8 heteroatoms. The monoisotopic (exact) mass is 394 g/mol. The molecule has 1 fully saturated rings. The lowest BCUT2D eigenvalue weighted by Crippen LogP contribution is -2.25. The van der Waals surface area contributed by atoms with Gasteiger partial charge in [-0.05, 0) is 24.1 Å². The first-order chi connectivity index (χ1) is 14.2. The van der Waals surface area contributed by atoms with Gasteiger partial charge in [0.05, 0.1) is 19.3 Å². The van der Waals surface area contributed by atoms with Gasteiger partial charge in [0.1, 0.15) is 11.3 Å². The maximum atomic E-state index is 11.7. The van der Waals surface area contributed by atoms with E-state index >= 15 is 0 Å². The molecule has 0 saturated carbocycles. The Kier molecular flexibility index (Phi) is 5.71. The predicted octanol–water partition coefficient (Wildman–Crippen LogP) is 1.96. The van der Waals surface area contributed by atoms with Crippen molar-refractivity contribution < 1.29 is 9.53 Å². The van der Waals surface area contributed by atoms with Crippen LogP contribution in [0.1, 0.15) is 30.5 Å². The van der Waals surface area contributed by atoms with Crippen molar-refractivity contribution in [2.45, 2.75) is 32.4 Å². The van der Waals surface area contributed by atoms with Gasteiger partial charge in [0.25, 0.3) is 0 Å². The number of carbonyl (C=O) groups is 1. The number of fused-ring (bicyclic) bond motifs is 1. The molecular formula is C21H26N6O2. The second kappa shape index (κ2) is 8.57. The number of ether oxygens (including phenoxy) is 1. The lowest BCUT2D eigenvalue weighted by molar-refractivity contribution is -0.127. The highest BCUT2D eigenvalue weighted by molar-refractivity contribution is 5.75. The van der Waals surface area contributed by atoms with Crippen LogP contribution in [0, 0.1) is 0 Å². The number of aromatic nitrogens is 4. The molecule has 1 atom stereocenters. The third-order valence-corrected chi connectivity index (χ3v) is 5.40. The molecule has 1 N–H and O–H groups in total. The molecule has 3 aromatic rings. The summed E-state index contributed by atoms with van der Waals surface area (Å²) in [6, 6.07) is 8.04. The number of rotatable bonds is 7. The normalized spacial score (nSPS) is 16.5. The minimum Gasteiger partial charge on any atom is -0.497 e. The molecule has 29 heavy (non-hydrogen) atoms. The Balaban J connectivity index is 1.42. The summed E-state index contributed by atoms with van der Waals surface area (Å²) in [5, 5.41) is 8.28. The Morgan fingerprint density at radius 3 is 2.76 bits per heavy atom. The largest absolute Gasteiger partial charge is 0.497 e. The number of likely N-dealkylation sites (tertiary alicyclic amines) is 1. The van der Waals surface area contributed by atoms with Gasteiger partial charge in [-0.25, -0.2) is 14.6 Å². The van der Waals surface area contributed by atoms with Gasteiger partial charge in [0.2, 0.25) is 5.91 Å². The van der Waals surface area contributed by atoms with E-state index in [2.05, 4.69) is 27.4 Å². The number of methoxy groups -OCH3 is 1. The van der Waals surface area contributed by atoms with E-state index in [0.29, 0.717) is 13.1 Å². The van der Waals surface area contributed by atoms with Crippen LogP contribution in [-0.4, -0.2) is 57.3 Å².